The third-order valence-electron chi connectivity index (χ3n) is 8.56. The van der Waals surface area contributed by atoms with Crippen molar-refractivity contribution in [2.75, 3.05) is 14.2 Å². The van der Waals surface area contributed by atoms with Crippen molar-refractivity contribution >= 4 is 21.6 Å². The van der Waals surface area contributed by atoms with Gasteiger partial charge in [0.2, 0.25) is 11.6 Å². The third kappa shape index (κ3) is 7.47. The van der Waals surface area contributed by atoms with Crippen LogP contribution in [0.15, 0.2) is 120 Å². The summed E-state index contributed by atoms with van der Waals surface area (Å²) in [6.07, 6.45) is 3.56. The zero-order valence-electron chi connectivity index (χ0n) is 29.8. The molecule has 0 N–H and O–H groups in total. The molecular weight excluding hydrogens is 721 g/mol. The van der Waals surface area contributed by atoms with E-state index in [0.29, 0.717) is 24.7 Å². The Morgan fingerprint density at radius 2 is 0.907 bits per heavy atom. The van der Waals surface area contributed by atoms with Gasteiger partial charge < -0.3 is 9.47 Å². The first-order chi connectivity index (χ1) is 26.4. The van der Waals surface area contributed by atoms with Crippen molar-refractivity contribution in [1.82, 2.24) is 60.0 Å². The van der Waals surface area contributed by atoms with Gasteiger partial charge in [-0.3, -0.25) is 0 Å². The van der Waals surface area contributed by atoms with Crippen LogP contribution in [-0.2, 0) is 13.1 Å². The van der Waals surface area contributed by atoms with Gasteiger partial charge in [-0.1, -0.05) is 59.7 Å². The summed E-state index contributed by atoms with van der Waals surface area (Å²) < 4.78 is 14.4. The topological polar surface area (TPSA) is 141 Å². The Morgan fingerprint density at radius 3 is 1.28 bits per heavy atom. The van der Waals surface area contributed by atoms with Gasteiger partial charge in [-0.05, 0) is 106 Å². The average molecular weight is 755 g/mol. The van der Waals surface area contributed by atoms with E-state index in [2.05, 4.69) is 58.7 Å². The monoisotopic (exact) mass is 754 g/mol. The van der Waals surface area contributed by atoms with Crippen molar-refractivity contribution < 1.29 is 9.47 Å². The highest BCUT2D eigenvalue weighted by Gasteiger charge is 2.24. The zero-order valence-corrected chi connectivity index (χ0v) is 31.4. The fraction of sp³-hybridized carbons (Fsp3) is 0.158. The van der Waals surface area contributed by atoms with E-state index < -0.39 is 0 Å². The van der Waals surface area contributed by atoms with Gasteiger partial charge in [0.15, 0.2) is 0 Å². The van der Waals surface area contributed by atoms with Crippen LogP contribution in [-0.4, -0.2) is 74.2 Å². The fourth-order valence-electron chi connectivity index (χ4n) is 5.58. The summed E-state index contributed by atoms with van der Waals surface area (Å²) in [4.78, 5) is 3.15. The summed E-state index contributed by atoms with van der Waals surface area (Å²) in [6.45, 7) is 5.02. The highest BCUT2D eigenvalue weighted by atomic mass is 33.1. The second kappa shape index (κ2) is 15.4. The van der Waals surface area contributed by atoms with Crippen LogP contribution in [0.1, 0.15) is 22.3 Å². The zero-order chi connectivity index (χ0) is 37.0. The Morgan fingerprint density at radius 1 is 0.519 bits per heavy atom. The minimum Gasteiger partial charge on any atom is -0.497 e. The second-order valence-corrected chi connectivity index (χ2v) is 14.5. The van der Waals surface area contributed by atoms with E-state index in [4.69, 9.17) is 29.9 Å². The smallest absolute Gasteiger partial charge is 0.209 e. The first-order valence-corrected chi connectivity index (χ1v) is 19.1. The number of ether oxygens (including phenoxy) is 2. The molecule has 0 unspecified atom stereocenters. The Balaban J connectivity index is 1.14. The second-order valence-electron chi connectivity index (χ2n) is 12.4. The van der Waals surface area contributed by atoms with Gasteiger partial charge in [0, 0.05) is 0 Å². The van der Waals surface area contributed by atoms with Gasteiger partial charge in [0.05, 0.1) is 62.2 Å². The molecule has 270 valence electrons. The molecule has 54 heavy (non-hydrogen) atoms. The minimum absolute atomic E-state index is 0.450. The van der Waals surface area contributed by atoms with Gasteiger partial charge in [-0.25, -0.2) is 9.36 Å². The number of benzene rings is 4. The van der Waals surface area contributed by atoms with Gasteiger partial charge in [-0.2, -0.15) is 19.8 Å². The maximum Gasteiger partial charge on any atom is 0.209 e. The van der Waals surface area contributed by atoms with Crippen molar-refractivity contribution in [3.63, 3.8) is 0 Å². The number of aryl methyl sites for hydroxylation is 2. The molecule has 0 aliphatic heterocycles. The molecule has 0 aliphatic rings. The summed E-state index contributed by atoms with van der Waals surface area (Å²) in [6, 6.07) is 32.0. The molecule has 14 nitrogen and oxygen atoms in total. The van der Waals surface area contributed by atoms with Crippen molar-refractivity contribution in [3.8, 4) is 45.6 Å². The van der Waals surface area contributed by atoms with E-state index in [1.165, 1.54) is 21.6 Å². The summed E-state index contributed by atoms with van der Waals surface area (Å²) in [5, 5.41) is 38.4. The molecule has 0 saturated carbocycles. The molecule has 4 aromatic carbocycles. The van der Waals surface area contributed by atoms with Crippen LogP contribution in [0.25, 0.3) is 34.2 Å². The average Bonchev–Trinajstić information content (AvgIpc) is 4.02. The Hall–Kier alpha value is -6.26. The highest BCUT2D eigenvalue weighted by molar-refractivity contribution is 8.76. The van der Waals surface area contributed by atoms with Crippen molar-refractivity contribution in [3.05, 3.63) is 132 Å². The van der Waals surface area contributed by atoms with Crippen LogP contribution < -0.4 is 9.47 Å². The summed E-state index contributed by atoms with van der Waals surface area (Å²) in [5.41, 5.74) is 7.61. The van der Waals surface area contributed by atoms with Crippen LogP contribution in [0.5, 0.6) is 11.5 Å². The molecule has 0 bridgehead atoms. The van der Waals surface area contributed by atoms with Crippen molar-refractivity contribution in [1.29, 1.82) is 0 Å². The largest absolute Gasteiger partial charge is 0.497 e. The van der Waals surface area contributed by atoms with Gasteiger partial charge in [-0.15, -0.1) is 20.4 Å². The normalized spacial score (nSPS) is 11.3. The molecule has 0 fully saturated rings. The molecule has 0 amide bonds. The van der Waals surface area contributed by atoms with E-state index >= 15 is 0 Å². The number of nitrogens with zero attached hydrogens (tertiary/aromatic N) is 12. The predicted molar refractivity (Wildman–Crippen MR) is 206 cm³/mol. The lowest BCUT2D eigenvalue weighted by Crippen LogP contribution is -2.04. The Labute approximate surface area is 318 Å². The lowest BCUT2D eigenvalue weighted by molar-refractivity contribution is 0.414. The van der Waals surface area contributed by atoms with E-state index in [0.717, 1.165) is 66.3 Å². The number of hydrogen-bond acceptors (Lipinski definition) is 12. The molecule has 8 aromatic rings. The lowest BCUT2D eigenvalue weighted by atomic mass is 10.2. The highest BCUT2D eigenvalue weighted by Crippen LogP contribution is 2.45. The first-order valence-electron chi connectivity index (χ1n) is 16.9. The van der Waals surface area contributed by atoms with Gasteiger partial charge in [0.25, 0.3) is 0 Å². The van der Waals surface area contributed by atoms with Gasteiger partial charge >= 0.3 is 0 Å². The number of rotatable bonds is 13. The van der Waals surface area contributed by atoms with Crippen LogP contribution in [0.3, 0.4) is 0 Å². The number of methoxy groups -OCH3 is 2. The molecule has 16 heteroatoms. The molecule has 8 rings (SSSR count). The maximum absolute atomic E-state index is 5.30. The van der Waals surface area contributed by atoms with Crippen LogP contribution in [0, 0.1) is 13.8 Å². The maximum atomic E-state index is 5.30. The summed E-state index contributed by atoms with van der Waals surface area (Å²) >= 11 is 0. The number of tetrazole rings is 2. The van der Waals surface area contributed by atoms with E-state index in [-0.39, 0.29) is 0 Å². The van der Waals surface area contributed by atoms with Crippen LogP contribution in [0.4, 0.5) is 0 Å². The molecule has 4 aromatic heterocycles. The Bertz CT molecular complexity index is 2310. The third-order valence-corrected chi connectivity index (χ3v) is 10.9. The molecular formula is C38H34N12O2S2. The molecule has 0 aliphatic carbocycles. The number of hydrogen-bond donors (Lipinski definition) is 0. The summed E-state index contributed by atoms with van der Waals surface area (Å²) in [7, 11) is 6.32. The minimum atomic E-state index is 0.450. The summed E-state index contributed by atoms with van der Waals surface area (Å²) in [5.74, 6) is 2.49. The fourth-order valence-corrected chi connectivity index (χ4v) is 8.09. The number of aromatic nitrogens is 12. The van der Waals surface area contributed by atoms with E-state index in [9.17, 15) is 0 Å². The van der Waals surface area contributed by atoms with E-state index in [1.807, 2.05) is 82.2 Å². The molecule has 0 atom stereocenters. The lowest BCUT2D eigenvalue weighted by Gasteiger charge is -2.11. The van der Waals surface area contributed by atoms with Gasteiger partial charge in [0.1, 0.15) is 21.6 Å². The first kappa shape index (κ1) is 34.8. The van der Waals surface area contributed by atoms with Crippen LogP contribution in [0.2, 0.25) is 0 Å². The predicted octanol–water partition coefficient (Wildman–Crippen LogP) is 6.90. The van der Waals surface area contributed by atoms with E-state index in [1.54, 1.807) is 36.2 Å². The SMILES string of the molecule is COc1ccc(Cn2nnc(-c3cnn(-c4ccc(C)cc4)c3SSc3c(-c4nnn(Cc5ccc(OC)cc5)n4)cnn3-c3ccc(C)cc3)n2)cc1. The Kier molecular flexibility index (Phi) is 9.91. The van der Waals surface area contributed by atoms with Crippen LogP contribution >= 0.6 is 21.6 Å². The van der Waals surface area contributed by atoms with Crippen molar-refractivity contribution in [2.45, 2.75) is 37.0 Å². The molecule has 0 saturated heterocycles. The molecule has 4 heterocycles. The molecule has 0 radical (unpaired) electrons. The standard InChI is InChI=1S/C38H34N12O2S2/c1-25-5-13-29(14-6-25)49-37(33(21-39-49)35-41-45-47(43-35)23-27-9-17-31(51-3)18-10-27)53-54-38-34(22-40-50(38)30-15-7-26(2)8-16-30)36-42-46-48(44-36)24-28-11-19-32(52-4)20-12-28/h5-22H,23-24H2,1-4H3. The quantitative estimate of drug-likeness (QED) is 0.113. The molecule has 0 spiro atoms. The van der Waals surface area contributed by atoms with Crippen molar-refractivity contribution in [2.24, 2.45) is 0 Å².